The molecule has 1 N–H and O–H groups in total. The van der Waals surface area contributed by atoms with Crippen LogP contribution in [0.4, 0.5) is 5.69 Å². The molecule has 0 radical (unpaired) electrons. The Hall–Kier alpha value is -1.26. The lowest BCUT2D eigenvalue weighted by molar-refractivity contribution is 0.0720. The molecule has 0 aromatic heterocycles. The zero-order chi connectivity index (χ0) is 20.3. The summed E-state index contributed by atoms with van der Waals surface area (Å²) in [6, 6.07) is 10.3. The number of anilines is 1. The first-order valence-corrected chi connectivity index (χ1v) is 12.9. The molecule has 150 valence electrons. The molecule has 2 aromatic carbocycles. The van der Waals surface area contributed by atoms with E-state index in [9.17, 15) is 13.2 Å². The van der Waals surface area contributed by atoms with E-state index in [1.807, 2.05) is 30.2 Å². The van der Waals surface area contributed by atoms with Gasteiger partial charge in [0.05, 0.1) is 16.1 Å². The summed E-state index contributed by atoms with van der Waals surface area (Å²) < 4.78 is 29.6. The molecule has 0 bridgehead atoms. The van der Waals surface area contributed by atoms with Crippen molar-refractivity contribution in [1.82, 2.24) is 4.90 Å². The molecule has 3 rings (SSSR count). The molecular weight excluding hydrogens is 507 g/mol. The summed E-state index contributed by atoms with van der Waals surface area (Å²) in [5.41, 5.74) is 1.84. The number of benzene rings is 2. The zero-order valence-electron chi connectivity index (χ0n) is 15.9. The largest absolute Gasteiger partial charge is 0.339 e. The first-order valence-electron chi connectivity index (χ1n) is 9.08. The number of hydrogen-bond acceptors (Lipinski definition) is 4. The van der Waals surface area contributed by atoms with Gasteiger partial charge in [-0.2, -0.15) is 0 Å². The van der Waals surface area contributed by atoms with Crippen LogP contribution in [0.2, 0.25) is 0 Å². The normalized spacial score (nSPS) is 14.8. The van der Waals surface area contributed by atoms with Crippen molar-refractivity contribution < 1.29 is 13.2 Å². The predicted octanol–water partition coefficient (Wildman–Crippen LogP) is 4.75. The molecule has 0 saturated carbocycles. The molecule has 0 aliphatic carbocycles. The van der Waals surface area contributed by atoms with Crippen molar-refractivity contribution >= 4 is 56.0 Å². The summed E-state index contributed by atoms with van der Waals surface area (Å²) in [7, 11) is -3.79. The number of likely N-dealkylation sites (tertiary alicyclic amines) is 1. The third-order valence-corrected chi connectivity index (χ3v) is 7.62. The highest BCUT2D eigenvalue weighted by atomic mass is 127. The van der Waals surface area contributed by atoms with Gasteiger partial charge in [-0.05, 0) is 97.0 Å². The second kappa shape index (κ2) is 9.04. The second-order valence-electron chi connectivity index (χ2n) is 6.78. The Kier molecular flexibility index (Phi) is 6.93. The topological polar surface area (TPSA) is 66.5 Å². The highest BCUT2D eigenvalue weighted by Crippen LogP contribution is 2.28. The van der Waals surface area contributed by atoms with E-state index in [1.54, 1.807) is 18.2 Å². The SMILES string of the molecule is CSc1ccc(S(=O)(=O)Nc2ccc(I)cc2C)cc1C(=O)N1CCCCC1. The average Bonchev–Trinajstić information content (AvgIpc) is 2.69. The number of nitrogens with one attached hydrogen (secondary N) is 1. The Labute approximate surface area is 184 Å². The molecule has 28 heavy (non-hydrogen) atoms. The summed E-state index contributed by atoms with van der Waals surface area (Å²) in [4.78, 5) is 15.7. The lowest BCUT2D eigenvalue weighted by Crippen LogP contribution is -2.36. The minimum atomic E-state index is -3.79. The summed E-state index contributed by atoms with van der Waals surface area (Å²) in [6.45, 7) is 3.32. The average molecular weight is 530 g/mol. The number of amides is 1. The summed E-state index contributed by atoms with van der Waals surface area (Å²) in [5, 5.41) is 0. The minimum Gasteiger partial charge on any atom is -0.339 e. The van der Waals surface area contributed by atoms with Crippen LogP contribution in [0.5, 0.6) is 0 Å². The summed E-state index contributed by atoms with van der Waals surface area (Å²) in [5.74, 6) is -0.0912. The van der Waals surface area contributed by atoms with Crippen molar-refractivity contribution in [3.63, 3.8) is 0 Å². The number of rotatable bonds is 5. The number of aryl methyl sites for hydroxylation is 1. The molecule has 1 heterocycles. The van der Waals surface area contributed by atoms with Gasteiger partial charge in [0.15, 0.2) is 0 Å². The standard InChI is InChI=1S/C20H23IN2O3S2/c1-14-12-15(21)6-8-18(14)22-28(25,26)16-7-9-19(27-2)17(13-16)20(24)23-10-4-3-5-11-23/h6-9,12-13,22H,3-5,10-11H2,1-2H3. The molecule has 0 unspecified atom stereocenters. The van der Waals surface area contributed by atoms with E-state index < -0.39 is 10.0 Å². The van der Waals surface area contributed by atoms with Crippen LogP contribution in [0.25, 0.3) is 0 Å². The van der Waals surface area contributed by atoms with Gasteiger partial charge in [0, 0.05) is 21.6 Å². The van der Waals surface area contributed by atoms with E-state index in [1.165, 1.54) is 17.8 Å². The maximum atomic E-state index is 13.0. The van der Waals surface area contributed by atoms with Crippen LogP contribution >= 0.6 is 34.4 Å². The fourth-order valence-corrected chi connectivity index (χ4v) is 5.61. The van der Waals surface area contributed by atoms with Crippen LogP contribution in [0.3, 0.4) is 0 Å². The van der Waals surface area contributed by atoms with Crippen molar-refractivity contribution in [2.45, 2.75) is 36.0 Å². The molecule has 1 fully saturated rings. The number of hydrogen-bond donors (Lipinski definition) is 1. The number of carbonyl (C=O) groups is 1. The molecule has 8 heteroatoms. The Morgan fingerprint density at radius 3 is 2.46 bits per heavy atom. The summed E-state index contributed by atoms with van der Waals surface area (Å²) >= 11 is 3.64. The van der Waals surface area contributed by atoms with Gasteiger partial charge in [0.2, 0.25) is 0 Å². The van der Waals surface area contributed by atoms with E-state index in [2.05, 4.69) is 27.3 Å². The lowest BCUT2D eigenvalue weighted by Gasteiger charge is -2.27. The van der Waals surface area contributed by atoms with Crippen LogP contribution in [-0.2, 0) is 10.0 Å². The van der Waals surface area contributed by atoms with Crippen LogP contribution in [0.1, 0.15) is 35.2 Å². The highest BCUT2D eigenvalue weighted by molar-refractivity contribution is 14.1. The number of sulfonamides is 1. The maximum Gasteiger partial charge on any atom is 0.261 e. The van der Waals surface area contributed by atoms with Crippen molar-refractivity contribution in [2.75, 3.05) is 24.1 Å². The number of halogens is 1. The van der Waals surface area contributed by atoms with Crippen molar-refractivity contribution in [3.8, 4) is 0 Å². The Balaban J connectivity index is 1.94. The molecule has 1 amide bonds. The monoisotopic (exact) mass is 530 g/mol. The fraction of sp³-hybridized carbons (Fsp3) is 0.350. The number of piperidine rings is 1. The van der Waals surface area contributed by atoms with E-state index in [4.69, 9.17) is 0 Å². The second-order valence-corrected chi connectivity index (χ2v) is 10.6. The fourth-order valence-electron chi connectivity index (χ4n) is 3.23. The van der Waals surface area contributed by atoms with Crippen LogP contribution in [-0.4, -0.2) is 38.6 Å². The van der Waals surface area contributed by atoms with Crippen molar-refractivity contribution in [1.29, 1.82) is 0 Å². The van der Waals surface area contributed by atoms with Gasteiger partial charge >= 0.3 is 0 Å². The lowest BCUT2D eigenvalue weighted by atomic mass is 10.1. The van der Waals surface area contributed by atoms with Gasteiger partial charge in [-0.25, -0.2) is 8.42 Å². The van der Waals surface area contributed by atoms with Gasteiger partial charge < -0.3 is 4.90 Å². The molecule has 1 saturated heterocycles. The first-order chi connectivity index (χ1) is 13.3. The quantitative estimate of drug-likeness (QED) is 0.448. The molecule has 1 aliphatic rings. The molecular formula is C20H23IN2O3S2. The summed E-state index contributed by atoms with van der Waals surface area (Å²) in [6.07, 6.45) is 5.01. The van der Waals surface area contributed by atoms with E-state index in [0.717, 1.165) is 46.4 Å². The van der Waals surface area contributed by atoms with Crippen molar-refractivity contribution in [2.24, 2.45) is 0 Å². The zero-order valence-corrected chi connectivity index (χ0v) is 19.7. The molecule has 0 spiro atoms. The third-order valence-electron chi connectivity index (χ3n) is 4.79. The third kappa shape index (κ3) is 4.83. The van der Waals surface area contributed by atoms with Crippen molar-refractivity contribution in [3.05, 3.63) is 51.1 Å². The van der Waals surface area contributed by atoms with Gasteiger partial charge in [0.1, 0.15) is 0 Å². The van der Waals surface area contributed by atoms with Gasteiger partial charge in [-0.1, -0.05) is 0 Å². The Bertz CT molecular complexity index is 987. The van der Waals surface area contributed by atoms with Crippen LogP contribution in [0.15, 0.2) is 46.2 Å². The predicted molar refractivity (Wildman–Crippen MR) is 123 cm³/mol. The van der Waals surface area contributed by atoms with Gasteiger partial charge in [-0.15, -0.1) is 11.8 Å². The molecule has 1 aliphatic heterocycles. The number of thioether (sulfide) groups is 1. The minimum absolute atomic E-state index is 0.0912. The molecule has 2 aromatic rings. The highest BCUT2D eigenvalue weighted by Gasteiger charge is 2.24. The number of nitrogens with zero attached hydrogens (tertiary/aromatic N) is 1. The number of carbonyl (C=O) groups excluding carboxylic acids is 1. The Morgan fingerprint density at radius 1 is 1.11 bits per heavy atom. The van der Waals surface area contributed by atoms with Crippen LogP contribution < -0.4 is 4.72 Å². The van der Waals surface area contributed by atoms with Crippen LogP contribution in [0, 0.1) is 10.5 Å². The van der Waals surface area contributed by atoms with E-state index in [-0.39, 0.29) is 10.8 Å². The van der Waals surface area contributed by atoms with Gasteiger partial charge in [-0.3, -0.25) is 9.52 Å². The molecule has 0 atom stereocenters. The Morgan fingerprint density at radius 2 is 1.82 bits per heavy atom. The van der Waals surface area contributed by atoms with E-state index >= 15 is 0 Å². The van der Waals surface area contributed by atoms with Gasteiger partial charge in [0.25, 0.3) is 15.9 Å². The maximum absolute atomic E-state index is 13.0. The first kappa shape index (κ1) is 21.4. The molecule has 5 nitrogen and oxygen atoms in total. The van der Waals surface area contributed by atoms with E-state index in [0.29, 0.717) is 11.3 Å². The smallest absolute Gasteiger partial charge is 0.261 e.